The molecule has 2 aromatic carbocycles. The number of β-amino-alcohol motifs (C(OH)–C–C–N with tert-alkyl or cyclic N) is 1. The molecule has 0 saturated carbocycles. The predicted molar refractivity (Wildman–Crippen MR) is 99.7 cm³/mol. The second-order valence-corrected chi connectivity index (χ2v) is 7.24. The number of rotatable bonds is 4. The van der Waals surface area contributed by atoms with Gasteiger partial charge < -0.3 is 14.7 Å². The average molecular weight is 356 g/mol. The lowest BCUT2D eigenvalue weighted by Crippen LogP contribution is -2.36. The fourth-order valence-corrected chi connectivity index (χ4v) is 3.96. The Morgan fingerprint density at radius 2 is 1.81 bits per heavy atom. The Morgan fingerprint density at radius 3 is 2.54 bits per heavy atom. The molecule has 0 aromatic heterocycles. The molecule has 26 heavy (non-hydrogen) atoms. The zero-order valence-corrected chi connectivity index (χ0v) is 14.9. The highest BCUT2D eigenvalue weighted by Crippen LogP contribution is 2.33. The minimum Gasteiger partial charge on any atom is -0.384 e. The minimum atomic E-state index is -0.812. The highest BCUT2D eigenvalue weighted by Gasteiger charge is 2.37. The number of hydrogen-bond acceptors (Lipinski definition) is 4. The molecule has 2 aliphatic rings. The van der Waals surface area contributed by atoms with Crippen LogP contribution < -0.4 is 4.90 Å². The van der Waals surface area contributed by atoms with Crippen LogP contribution in [-0.4, -0.2) is 49.4 Å². The molecule has 0 spiro atoms. The Balaban J connectivity index is 1.42. The fourth-order valence-electron chi connectivity index (χ4n) is 3.96. The molecular weight excluding hydrogens is 331 g/mol. The van der Waals surface area contributed by atoms with Crippen molar-refractivity contribution in [3.63, 3.8) is 0 Å². The van der Waals surface area contributed by atoms with E-state index in [4.69, 9.17) is 4.74 Å². The Morgan fingerprint density at radius 1 is 1.04 bits per heavy atom. The summed E-state index contributed by atoms with van der Waals surface area (Å²) in [6.45, 7) is 4.77. The lowest BCUT2D eigenvalue weighted by atomic mass is 9.93. The Bertz CT molecular complexity index is 749. The first-order valence-electron chi connectivity index (χ1n) is 9.25. The van der Waals surface area contributed by atoms with E-state index in [2.05, 4.69) is 4.90 Å². The highest BCUT2D eigenvalue weighted by atomic mass is 19.1. The number of halogens is 1. The zero-order chi connectivity index (χ0) is 18.0. The summed E-state index contributed by atoms with van der Waals surface area (Å²) in [6, 6.07) is 15.3. The monoisotopic (exact) mass is 356 g/mol. The van der Waals surface area contributed by atoms with Gasteiger partial charge >= 0.3 is 0 Å². The molecule has 0 bridgehead atoms. The summed E-state index contributed by atoms with van der Waals surface area (Å²) in [5.74, 6) is -0.179. The molecule has 0 radical (unpaired) electrons. The van der Waals surface area contributed by atoms with Gasteiger partial charge in [-0.2, -0.15) is 0 Å². The van der Waals surface area contributed by atoms with Crippen LogP contribution in [0.25, 0.3) is 0 Å². The van der Waals surface area contributed by atoms with Gasteiger partial charge in [0, 0.05) is 32.7 Å². The van der Waals surface area contributed by atoms with E-state index in [-0.39, 0.29) is 5.82 Å². The topological polar surface area (TPSA) is 35.9 Å². The van der Waals surface area contributed by atoms with Gasteiger partial charge in [-0.15, -0.1) is 0 Å². The predicted octanol–water partition coefficient (Wildman–Crippen LogP) is 2.76. The number of ether oxygens (including phenoxy) is 1. The van der Waals surface area contributed by atoms with E-state index in [0.717, 1.165) is 30.8 Å². The second-order valence-electron chi connectivity index (χ2n) is 7.24. The summed E-state index contributed by atoms with van der Waals surface area (Å²) in [5.41, 5.74) is 1.74. The van der Waals surface area contributed by atoms with Gasteiger partial charge in [-0.1, -0.05) is 36.4 Å². The first-order chi connectivity index (χ1) is 12.6. The molecule has 2 heterocycles. The van der Waals surface area contributed by atoms with E-state index >= 15 is 0 Å². The van der Waals surface area contributed by atoms with Gasteiger partial charge in [0.15, 0.2) is 0 Å². The van der Waals surface area contributed by atoms with Crippen molar-refractivity contribution in [2.45, 2.75) is 18.6 Å². The molecule has 2 fully saturated rings. The van der Waals surface area contributed by atoms with Crippen molar-refractivity contribution in [2.24, 2.45) is 0 Å². The van der Waals surface area contributed by atoms with Crippen LogP contribution in [0, 0.1) is 5.82 Å². The smallest absolute Gasteiger partial charge is 0.146 e. The van der Waals surface area contributed by atoms with E-state index in [1.54, 1.807) is 6.07 Å². The van der Waals surface area contributed by atoms with Crippen molar-refractivity contribution in [1.29, 1.82) is 0 Å². The maximum absolute atomic E-state index is 14.6. The van der Waals surface area contributed by atoms with E-state index in [0.29, 0.717) is 38.4 Å². The van der Waals surface area contributed by atoms with Crippen LogP contribution in [0.4, 0.5) is 10.1 Å². The molecule has 138 valence electrons. The maximum atomic E-state index is 14.6. The van der Waals surface area contributed by atoms with Crippen LogP contribution in [0.5, 0.6) is 0 Å². The summed E-state index contributed by atoms with van der Waals surface area (Å²) < 4.78 is 19.9. The van der Waals surface area contributed by atoms with Gasteiger partial charge in [0.1, 0.15) is 11.4 Å². The van der Waals surface area contributed by atoms with Crippen molar-refractivity contribution in [2.75, 3.05) is 44.3 Å². The molecule has 1 N–H and O–H groups in total. The molecule has 1 unspecified atom stereocenters. The number of anilines is 1. The number of likely N-dealkylation sites (tertiary alicyclic amines) is 1. The van der Waals surface area contributed by atoms with E-state index in [9.17, 15) is 9.50 Å². The Hall–Kier alpha value is -1.95. The van der Waals surface area contributed by atoms with Crippen molar-refractivity contribution < 1.29 is 14.2 Å². The normalized spacial score (nSPS) is 24.2. The van der Waals surface area contributed by atoms with Gasteiger partial charge in [-0.05, 0) is 29.7 Å². The fraction of sp³-hybridized carbons (Fsp3) is 0.429. The van der Waals surface area contributed by atoms with Crippen molar-refractivity contribution in [1.82, 2.24) is 4.90 Å². The van der Waals surface area contributed by atoms with Crippen molar-refractivity contribution >= 4 is 5.69 Å². The molecule has 2 aliphatic heterocycles. The standard InChI is InChI=1S/C21H25FN2O2/c22-19-14-17(6-7-20(19)24-10-12-26-13-11-24)15-23-9-8-21(25,16-23)18-4-2-1-3-5-18/h1-7,14,25H,8-13,15-16H2. The highest BCUT2D eigenvalue weighted by molar-refractivity contribution is 5.49. The van der Waals surface area contributed by atoms with Crippen LogP contribution >= 0.6 is 0 Å². The van der Waals surface area contributed by atoms with Gasteiger partial charge in [-0.3, -0.25) is 4.90 Å². The average Bonchev–Trinajstić information content (AvgIpc) is 3.05. The third-order valence-electron chi connectivity index (χ3n) is 5.41. The lowest BCUT2D eigenvalue weighted by molar-refractivity contribution is 0.0453. The number of benzene rings is 2. The molecule has 4 nitrogen and oxygen atoms in total. The van der Waals surface area contributed by atoms with Crippen LogP contribution in [0.2, 0.25) is 0 Å². The first-order valence-corrected chi connectivity index (χ1v) is 9.25. The van der Waals surface area contributed by atoms with E-state index < -0.39 is 5.60 Å². The van der Waals surface area contributed by atoms with Crippen LogP contribution in [0.1, 0.15) is 17.5 Å². The lowest BCUT2D eigenvalue weighted by Gasteiger charge is -2.29. The van der Waals surface area contributed by atoms with Gasteiger partial charge in [0.2, 0.25) is 0 Å². The molecular formula is C21H25FN2O2. The van der Waals surface area contributed by atoms with Crippen molar-refractivity contribution in [3.8, 4) is 0 Å². The van der Waals surface area contributed by atoms with Gasteiger partial charge in [-0.25, -0.2) is 4.39 Å². The Kier molecular flexibility index (Phi) is 4.94. The summed E-state index contributed by atoms with van der Waals surface area (Å²) in [5, 5.41) is 10.9. The molecule has 4 rings (SSSR count). The number of nitrogens with zero attached hydrogens (tertiary/aromatic N) is 2. The molecule has 2 aromatic rings. The first kappa shape index (κ1) is 17.5. The third-order valence-corrected chi connectivity index (χ3v) is 5.41. The summed E-state index contributed by atoms with van der Waals surface area (Å²) in [4.78, 5) is 4.22. The third kappa shape index (κ3) is 3.61. The molecule has 0 aliphatic carbocycles. The molecule has 5 heteroatoms. The second kappa shape index (κ2) is 7.35. The maximum Gasteiger partial charge on any atom is 0.146 e. The van der Waals surface area contributed by atoms with E-state index in [1.165, 1.54) is 0 Å². The van der Waals surface area contributed by atoms with Crippen LogP contribution in [-0.2, 0) is 16.9 Å². The van der Waals surface area contributed by atoms with Gasteiger partial charge in [0.05, 0.1) is 18.9 Å². The number of aliphatic hydroxyl groups is 1. The molecule has 0 amide bonds. The quantitative estimate of drug-likeness (QED) is 0.914. The SMILES string of the molecule is OC1(c2ccccc2)CCN(Cc2ccc(N3CCOCC3)c(F)c2)C1. The summed E-state index contributed by atoms with van der Waals surface area (Å²) in [6.07, 6.45) is 0.700. The zero-order valence-electron chi connectivity index (χ0n) is 14.9. The minimum absolute atomic E-state index is 0.179. The largest absolute Gasteiger partial charge is 0.384 e. The van der Waals surface area contributed by atoms with Gasteiger partial charge in [0.25, 0.3) is 0 Å². The van der Waals surface area contributed by atoms with E-state index in [1.807, 2.05) is 47.4 Å². The number of hydrogen-bond donors (Lipinski definition) is 1. The summed E-state index contributed by atoms with van der Waals surface area (Å²) in [7, 11) is 0. The summed E-state index contributed by atoms with van der Waals surface area (Å²) >= 11 is 0. The molecule has 1 atom stereocenters. The van der Waals surface area contributed by atoms with Crippen LogP contribution in [0.3, 0.4) is 0 Å². The Labute approximate surface area is 153 Å². The van der Waals surface area contributed by atoms with Crippen molar-refractivity contribution in [3.05, 3.63) is 65.5 Å². The number of morpholine rings is 1. The van der Waals surface area contributed by atoms with Crippen LogP contribution in [0.15, 0.2) is 48.5 Å². The molecule has 2 saturated heterocycles.